The Balaban J connectivity index is 2.78. The van der Waals surface area contributed by atoms with Crippen LogP contribution in [-0.4, -0.2) is 10.1 Å². The second-order valence-corrected chi connectivity index (χ2v) is 6.79. The second kappa shape index (κ2) is 7.41. The molecule has 0 saturated heterocycles. The molecule has 0 radical (unpaired) electrons. The molecule has 146 valence electrons. The number of hydrogen-bond acceptors (Lipinski definition) is 2. The molecule has 0 aliphatic rings. The monoisotopic (exact) mass is 454 g/mol. The topological polar surface area (TPSA) is 28.7 Å². The maximum absolute atomic E-state index is 13.4. The zero-order chi connectivity index (χ0) is 20.7. The Labute approximate surface area is 160 Å². The van der Waals surface area contributed by atoms with Crippen molar-refractivity contribution in [2.45, 2.75) is 23.0 Å². The minimum absolute atomic E-state index is 0.390. The molecule has 0 bridgehead atoms. The summed E-state index contributed by atoms with van der Waals surface area (Å²) in [7, 11) is 0. The molecule has 27 heavy (non-hydrogen) atoms. The van der Waals surface area contributed by atoms with Crippen LogP contribution in [0.1, 0.15) is 23.2 Å². The molecule has 2 nitrogen and oxygen atoms in total. The third-order valence-electron chi connectivity index (χ3n) is 3.14. The number of thioether (sulfide) groups is 1. The van der Waals surface area contributed by atoms with Crippen molar-refractivity contribution in [2.24, 2.45) is 0 Å². The highest BCUT2D eigenvalue weighted by Gasteiger charge is 2.36. The highest BCUT2D eigenvalue weighted by molar-refractivity contribution is 8.00. The fourth-order valence-electron chi connectivity index (χ4n) is 2.17. The summed E-state index contributed by atoms with van der Waals surface area (Å²) in [5.74, 6) is 0. The quantitative estimate of drug-likeness (QED) is 0.361. The van der Waals surface area contributed by atoms with Gasteiger partial charge in [-0.1, -0.05) is 23.2 Å². The summed E-state index contributed by atoms with van der Waals surface area (Å²) >= 11 is 10.6. The highest BCUT2D eigenvalue weighted by Crippen LogP contribution is 2.45. The van der Waals surface area contributed by atoms with Crippen LogP contribution < -0.4 is 0 Å². The van der Waals surface area contributed by atoms with Gasteiger partial charge in [0.25, 0.3) is 6.43 Å². The van der Waals surface area contributed by atoms with Crippen LogP contribution >= 0.6 is 35.0 Å². The molecule has 0 aliphatic heterocycles. The Morgan fingerprint density at radius 3 is 1.93 bits per heavy atom. The normalized spacial score (nSPS) is 12.5. The molecule has 1 aromatic carbocycles. The van der Waals surface area contributed by atoms with E-state index in [0.717, 1.165) is 0 Å². The molecule has 13 heteroatoms. The van der Waals surface area contributed by atoms with Crippen molar-refractivity contribution in [3.8, 4) is 11.8 Å². The fourth-order valence-corrected chi connectivity index (χ4v) is 3.50. The number of nitrogens with zero attached hydrogens (tertiary/aromatic N) is 2. The van der Waals surface area contributed by atoms with E-state index in [1.807, 2.05) is 0 Å². The van der Waals surface area contributed by atoms with E-state index in [1.54, 1.807) is 0 Å². The van der Waals surface area contributed by atoms with Crippen LogP contribution in [0.25, 0.3) is 5.69 Å². The summed E-state index contributed by atoms with van der Waals surface area (Å²) in [6, 6.07) is 2.02. The Bertz CT molecular complexity index is 889. The van der Waals surface area contributed by atoms with Gasteiger partial charge in [-0.15, -0.1) is 0 Å². The first-order valence-electron chi connectivity index (χ1n) is 6.52. The molecule has 0 saturated carbocycles. The van der Waals surface area contributed by atoms with Crippen molar-refractivity contribution in [3.05, 3.63) is 45.2 Å². The van der Waals surface area contributed by atoms with Crippen LogP contribution in [0.5, 0.6) is 0 Å². The number of aromatic nitrogens is 1. The molecular weight excluding hydrogens is 451 g/mol. The second-order valence-electron chi connectivity index (χ2n) is 4.87. The van der Waals surface area contributed by atoms with E-state index in [0.29, 0.717) is 22.9 Å². The Morgan fingerprint density at radius 2 is 1.56 bits per heavy atom. The van der Waals surface area contributed by atoms with Crippen LogP contribution in [0.3, 0.4) is 0 Å². The van der Waals surface area contributed by atoms with Gasteiger partial charge in [-0.3, -0.25) is 0 Å². The van der Waals surface area contributed by atoms with E-state index in [2.05, 4.69) is 0 Å². The van der Waals surface area contributed by atoms with Crippen molar-refractivity contribution < 1.29 is 35.1 Å². The van der Waals surface area contributed by atoms with Crippen molar-refractivity contribution >= 4 is 35.0 Å². The van der Waals surface area contributed by atoms with Gasteiger partial charge in [-0.25, -0.2) is 8.78 Å². The maximum Gasteiger partial charge on any atom is 0.446 e. The van der Waals surface area contributed by atoms with Crippen molar-refractivity contribution in [1.29, 1.82) is 5.26 Å². The molecule has 1 aromatic heterocycles. The molecule has 0 spiro atoms. The van der Waals surface area contributed by atoms with Gasteiger partial charge in [0.2, 0.25) is 0 Å². The first kappa shape index (κ1) is 21.7. The molecule has 0 fully saturated rings. The van der Waals surface area contributed by atoms with Crippen LogP contribution in [-0.2, 0) is 6.18 Å². The Hall–Kier alpha value is -1.64. The molecule has 0 N–H and O–H groups in total. The summed E-state index contributed by atoms with van der Waals surface area (Å²) in [6.45, 7) is 0. The number of hydrogen-bond donors (Lipinski definition) is 0. The van der Waals surface area contributed by atoms with Gasteiger partial charge in [0, 0.05) is 6.20 Å². The zero-order valence-corrected chi connectivity index (χ0v) is 14.7. The van der Waals surface area contributed by atoms with Gasteiger partial charge in [-0.2, -0.15) is 31.6 Å². The predicted molar refractivity (Wildman–Crippen MR) is 82.4 cm³/mol. The third kappa shape index (κ3) is 4.62. The lowest BCUT2D eigenvalue weighted by Crippen LogP contribution is -2.08. The van der Waals surface area contributed by atoms with Gasteiger partial charge >= 0.3 is 11.7 Å². The van der Waals surface area contributed by atoms with Crippen LogP contribution in [0.2, 0.25) is 10.0 Å². The predicted octanol–water partition coefficient (Wildman–Crippen LogP) is 7.22. The lowest BCUT2D eigenvalue weighted by molar-refractivity contribution is -0.137. The molecule has 0 unspecified atom stereocenters. The van der Waals surface area contributed by atoms with Crippen LogP contribution in [0, 0.1) is 11.3 Å². The molecular formula is C14H4Cl2F8N2S. The number of halogens is 10. The number of benzene rings is 1. The smallest absolute Gasteiger partial charge is 0.310 e. The standard InChI is InChI=1S/C14H4Cl2F8N2S/c15-7-1-5(13(19,20)21)2-8(16)11(7)26-4-9(27-14(22,23)24)6(3-25)10(26)12(17)18/h1-2,4,12H. The summed E-state index contributed by atoms with van der Waals surface area (Å²) in [4.78, 5) is -0.868. The number of alkyl halides is 8. The summed E-state index contributed by atoms with van der Waals surface area (Å²) in [6.07, 6.45) is -7.75. The average molecular weight is 455 g/mol. The first-order valence-corrected chi connectivity index (χ1v) is 8.09. The minimum Gasteiger partial charge on any atom is -0.310 e. The Morgan fingerprint density at radius 1 is 1.04 bits per heavy atom. The minimum atomic E-state index is -4.90. The SMILES string of the molecule is N#Cc1c(SC(F)(F)F)cn(-c2c(Cl)cc(C(F)(F)F)cc2Cl)c1C(F)F. The zero-order valence-electron chi connectivity index (χ0n) is 12.4. The molecule has 0 aliphatic carbocycles. The Kier molecular flexibility index (Phi) is 5.94. The summed E-state index contributed by atoms with van der Waals surface area (Å²) in [5.41, 5.74) is -8.94. The average Bonchev–Trinajstić information content (AvgIpc) is 2.81. The lowest BCUT2D eigenvalue weighted by Gasteiger charge is -2.15. The van der Waals surface area contributed by atoms with E-state index in [1.165, 1.54) is 6.07 Å². The maximum atomic E-state index is 13.4. The molecule has 0 atom stereocenters. The number of rotatable bonds is 3. The summed E-state index contributed by atoms with van der Waals surface area (Å²) < 4.78 is 103. The molecule has 2 rings (SSSR count). The first-order chi connectivity index (χ1) is 12.3. The van der Waals surface area contributed by atoms with Crippen LogP contribution in [0.15, 0.2) is 23.2 Å². The number of nitriles is 1. The van der Waals surface area contributed by atoms with Crippen molar-refractivity contribution in [1.82, 2.24) is 4.57 Å². The van der Waals surface area contributed by atoms with Gasteiger partial charge < -0.3 is 4.57 Å². The van der Waals surface area contributed by atoms with Crippen molar-refractivity contribution in [2.75, 3.05) is 0 Å². The van der Waals surface area contributed by atoms with E-state index in [4.69, 9.17) is 28.5 Å². The van der Waals surface area contributed by atoms with Gasteiger partial charge in [0.15, 0.2) is 0 Å². The van der Waals surface area contributed by atoms with Crippen molar-refractivity contribution in [3.63, 3.8) is 0 Å². The van der Waals surface area contributed by atoms with E-state index in [9.17, 15) is 35.1 Å². The lowest BCUT2D eigenvalue weighted by atomic mass is 10.2. The highest BCUT2D eigenvalue weighted by atomic mass is 35.5. The third-order valence-corrected chi connectivity index (χ3v) is 4.47. The van der Waals surface area contributed by atoms with Gasteiger partial charge in [0.05, 0.1) is 31.8 Å². The fraction of sp³-hybridized carbons (Fsp3) is 0.214. The van der Waals surface area contributed by atoms with E-state index < -0.39 is 67.3 Å². The van der Waals surface area contributed by atoms with Gasteiger partial charge in [0.1, 0.15) is 11.8 Å². The van der Waals surface area contributed by atoms with Gasteiger partial charge in [-0.05, 0) is 23.9 Å². The summed E-state index contributed by atoms with van der Waals surface area (Å²) in [5, 5.41) is 7.53. The molecule has 0 amide bonds. The van der Waals surface area contributed by atoms with E-state index in [-0.39, 0.29) is 0 Å². The molecule has 2 aromatic rings. The molecule has 1 heterocycles. The van der Waals surface area contributed by atoms with Crippen LogP contribution in [0.4, 0.5) is 35.1 Å². The largest absolute Gasteiger partial charge is 0.446 e. The van der Waals surface area contributed by atoms with E-state index >= 15 is 0 Å².